The molecule has 0 aliphatic carbocycles. The lowest BCUT2D eigenvalue weighted by atomic mass is 10.2. The lowest BCUT2D eigenvalue weighted by molar-refractivity contribution is 0.0169. The molecule has 0 aromatic heterocycles. The van der Waals surface area contributed by atoms with Crippen LogP contribution in [0.4, 0.5) is 5.69 Å². The lowest BCUT2D eigenvalue weighted by Gasteiger charge is -2.11. The van der Waals surface area contributed by atoms with Gasteiger partial charge in [-0.25, -0.2) is 4.79 Å². The number of carbonyl (C=O) groups is 1. The van der Waals surface area contributed by atoms with E-state index < -0.39 is 5.97 Å². The summed E-state index contributed by atoms with van der Waals surface area (Å²) in [5, 5.41) is 0. The van der Waals surface area contributed by atoms with E-state index in [0.29, 0.717) is 23.6 Å². The highest BCUT2D eigenvalue weighted by molar-refractivity contribution is 5.91. The van der Waals surface area contributed by atoms with E-state index in [1.54, 1.807) is 25.3 Å². The van der Waals surface area contributed by atoms with Crippen molar-refractivity contribution in [1.29, 1.82) is 0 Å². The summed E-state index contributed by atoms with van der Waals surface area (Å²) in [6.45, 7) is 4.43. The van der Waals surface area contributed by atoms with Gasteiger partial charge in [-0.15, -0.1) is 0 Å². The van der Waals surface area contributed by atoms with Crippen LogP contribution in [0.5, 0.6) is 5.75 Å². The first-order valence-electron chi connectivity index (χ1n) is 5.80. The summed E-state index contributed by atoms with van der Waals surface area (Å²) in [5.41, 5.74) is 6.59. The van der Waals surface area contributed by atoms with Crippen LogP contribution in [0.15, 0.2) is 18.2 Å². The van der Waals surface area contributed by atoms with Gasteiger partial charge in [0, 0.05) is 7.11 Å². The van der Waals surface area contributed by atoms with Crippen LogP contribution < -0.4 is 10.5 Å². The summed E-state index contributed by atoms with van der Waals surface area (Å²) < 4.78 is 15.4. The Morgan fingerprint density at radius 1 is 1.44 bits per heavy atom. The van der Waals surface area contributed by atoms with Gasteiger partial charge in [0.05, 0.1) is 24.0 Å². The summed E-state index contributed by atoms with van der Waals surface area (Å²) in [5.74, 6) is 0.146. The fourth-order valence-electron chi connectivity index (χ4n) is 1.31. The SMILES string of the molecule is CCOc1ccc(C(=O)OCC(C)OC)cc1N. The number of ether oxygens (including phenoxy) is 3. The first-order valence-corrected chi connectivity index (χ1v) is 5.80. The smallest absolute Gasteiger partial charge is 0.338 e. The number of methoxy groups -OCH3 is 1. The Morgan fingerprint density at radius 3 is 2.72 bits per heavy atom. The van der Waals surface area contributed by atoms with Crippen LogP contribution in [0.1, 0.15) is 24.2 Å². The van der Waals surface area contributed by atoms with E-state index in [9.17, 15) is 4.79 Å². The molecule has 1 unspecified atom stereocenters. The van der Waals surface area contributed by atoms with Crippen LogP contribution in [0.2, 0.25) is 0 Å². The molecule has 5 nitrogen and oxygen atoms in total. The van der Waals surface area contributed by atoms with Crippen molar-refractivity contribution in [3.05, 3.63) is 23.8 Å². The van der Waals surface area contributed by atoms with Gasteiger partial charge >= 0.3 is 5.97 Å². The second-order valence-electron chi connectivity index (χ2n) is 3.83. The normalized spacial score (nSPS) is 11.9. The number of hydrogen-bond donors (Lipinski definition) is 1. The highest BCUT2D eigenvalue weighted by atomic mass is 16.6. The number of nitrogen functional groups attached to an aromatic ring is 1. The zero-order valence-electron chi connectivity index (χ0n) is 10.9. The number of benzene rings is 1. The molecule has 1 rings (SSSR count). The zero-order valence-corrected chi connectivity index (χ0v) is 10.9. The molecule has 0 radical (unpaired) electrons. The molecule has 0 amide bonds. The minimum absolute atomic E-state index is 0.131. The first-order chi connectivity index (χ1) is 8.58. The number of anilines is 1. The highest BCUT2D eigenvalue weighted by Gasteiger charge is 2.11. The molecule has 0 saturated heterocycles. The van der Waals surface area contributed by atoms with Crippen LogP contribution in [0, 0.1) is 0 Å². The predicted octanol–water partition coefficient (Wildman–Crippen LogP) is 1.86. The monoisotopic (exact) mass is 253 g/mol. The molecule has 18 heavy (non-hydrogen) atoms. The maximum atomic E-state index is 11.7. The van der Waals surface area contributed by atoms with Crippen LogP contribution in [0.3, 0.4) is 0 Å². The van der Waals surface area contributed by atoms with E-state index in [4.69, 9.17) is 19.9 Å². The molecule has 0 heterocycles. The molecule has 1 atom stereocenters. The largest absolute Gasteiger partial charge is 0.492 e. The van der Waals surface area contributed by atoms with Gasteiger partial charge in [0.25, 0.3) is 0 Å². The van der Waals surface area contributed by atoms with Crippen LogP contribution in [0.25, 0.3) is 0 Å². The van der Waals surface area contributed by atoms with Crippen LogP contribution in [-0.4, -0.2) is 32.4 Å². The molecule has 0 spiro atoms. The maximum Gasteiger partial charge on any atom is 0.338 e. The number of rotatable bonds is 6. The van der Waals surface area contributed by atoms with Crippen molar-refractivity contribution in [2.45, 2.75) is 20.0 Å². The van der Waals surface area contributed by atoms with E-state index in [0.717, 1.165) is 0 Å². The van der Waals surface area contributed by atoms with E-state index in [1.165, 1.54) is 0 Å². The van der Waals surface area contributed by atoms with Crippen LogP contribution >= 0.6 is 0 Å². The Morgan fingerprint density at radius 2 is 2.17 bits per heavy atom. The minimum atomic E-state index is -0.423. The minimum Gasteiger partial charge on any atom is -0.492 e. The second kappa shape index (κ2) is 6.86. The standard InChI is InChI=1S/C13H19NO4/c1-4-17-12-6-5-10(7-11(12)14)13(15)18-8-9(2)16-3/h5-7,9H,4,8,14H2,1-3H3. The Labute approximate surface area is 107 Å². The van der Waals surface area contributed by atoms with E-state index in [2.05, 4.69) is 0 Å². The molecule has 5 heteroatoms. The van der Waals surface area contributed by atoms with Gasteiger partial charge in [0.1, 0.15) is 12.4 Å². The molecule has 2 N–H and O–H groups in total. The third-order valence-corrected chi connectivity index (χ3v) is 2.40. The molecule has 0 aliphatic rings. The summed E-state index contributed by atoms with van der Waals surface area (Å²) >= 11 is 0. The number of carbonyl (C=O) groups excluding carboxylic acids is 1. The zero-order chi connectivity index (χ0) is 13.5. The van der Waals surface area contributed by atoms with Gasteiger partial charge in [-0.3, -0.25) is 0 Å². The third kappa shape index (κ3) is 3.92. The van der Waals surface area contributed by atoms with Gasteiger partial charge in [0.2, 0.25) is 0 Å². The predicted molar refractivity (Wildman–Crippen MR) is 68.8 cm³/mol. The fourth-order valence-corrected chi connectivity index (χ4v) is 1.31. The summed E-state index contributed by atoms with van der Waals surface area (Å²) in [4.78, 5) is 11.7. The quantitative estimate of drug-likeness (QED) is 0.619. The molecular formula is C13H19NO4. The number of hydrogen-bond acceptors (Lipinski definition) is 5. The van der Waals surface area contributed by atoms with Gasteiger partial charge in [-0.1, -0.05) is 0 Å². The van der Waals surface area contributed by atoms with Crippen molar-refractivity contribution in [3.63, 3.8) is 0 Å². The molecular weight excluding hydrogens is 234 g/mol. The average molecular weight is 253 g/mol. The molecule has 1 aromatic carbocycles. The van der Waals surface area contributed by atoms with E-state index in [1.807, 2.05) is 13.8 Å². The molecule has 100 valence electrons. The van der Waals surface area contributed by atoms with Gasteiger partial charge < -0.3 is 19.9 Å². The van der Waals surface area contributed by atoms with Crippen molar-refractivity contribution in [3.8, 4) is 5.75 Å². The molecule has 0 aliphatic heterocycles. The van der Waals surface area contributed by atoms with Crippen molar-refractivity contribution >= 4 is 11.7 Å². The van der Waals surface area contributed by atoms with Gasteiger partial charge in [0.15, 0.2) is 0 Å². The number of nitrogens with two attached hydrogens (primary N) is 1. The van der Waals surface area contributed by atoms with E-state index >= 15 is 0 Å². The summed E-state index contributed by atoms with van der Waals surface area (Å²) in [6, 6.07) is 4.83. The summed E-state index contributed by atoms with van der Waals surface area (Å²) in [6.07, 6.45) is -0.131. The van der Waals surface area contributed by atoms with Crippen LogP contribution in [-0.2, 0) is 9.47 Å². The molecule has 0 bridgehead atoms. The fraction of sp³-hybridized carbons (Fsp3) is 0.462. The van der Waals surface area contributed by atoms with Crippen molar-refractivity contribution < 1.29 is 19.0 Å². The van der Waals surface area contributed by atoms with Gasteiger partial charge in [-0.05, 0) is 32.0 Å². The van der Waals surface area contributed by atoms with Crippen molar-refractivity contribution in [1.82, 2.24) is 0 Å². The Kier molecular flexibility index (Phi) is 5.45. The molecule has 0 fully saturated rings. The Hall–Kier alpha value is -1.75. The van der Waals surface area contributed by atoms with Gasteiger partial charge in [-0.2, -0.15) is 0 Å². The lowest BCUT2D eigenvalue weighted by Crippen LogP contribution is -2.17. The average Bonchev–Trinajstić information content (AvgIpc) is 2.38. The molecule has 1 aromatic rings. The number of esters is 1. The Balaban J connectivity index is 2.66. The first kappa shape index (κ1) is 14.3. The highest BCUT2D eigenvalue weighted by Crippen LogP contribution is 2.22. The van der Waals surface area contributed by atoms with E-state index in [-0.39, 0.29) is 12.7 Å². The molecule has 0 saturated carbocycles. The van der Waals surface area contributed by atoms with Crippen molar-refractivity contribution in [2.75, 3.05) is 26.1 Å². The maximum absolute atomic E-state index is 11.7. The Bertz CT molecular complexity index is 406. The second-order valence-corrected chi connectivity index (χ2v) is 3.83. The third-order valence-electron chi connectivity index (χ3n) is 2.40. The summed E-state index contributed by atoms with van der Waals surface area (Å²) in [7, 11) is 1.56. The topological polar surface area (TPSA) is 70.8 Å². The van der Waals surface area contributed by atoms with Crippen molar-refractivity contribution in [2.24, 2.45) is 0 Å².